The summed E-state index contributed by atoms with van der Waals surface area (Å²) >= 11 is 12.2. The molecule has 6 nitrogen and oxygen atoms in total. The van der Waals surface area contributed by atoms with Crippen molar-refractivity contribution in [1.82, 2.24) is 9.97 Å². The minimum atomic E-state index is -0.860. The monoisotopic (exact) mass is 397 g/mol. The van der Waals surface area contributed by atoms with Crippen molar-refractivity contribution in [2.75, 3.05) is 6.61 Å². The summed E-state index contributed by atoms with van der Waals surface area (Å²) in [6.45, 7) is 5.92. The smallest absolute Gasteiger partial charge is 0.405 e. The highest BCUT2D eigenvalue weighted by Gasteiger charge is 2.30. The van der Waals surface area contributed by atoms with E-state index in [4.69, 9.17) is 38.4 Å². The molecule has 140 valence electrons. The predicted molar refractivity (Wildman–Crippen MR) is 102 cm³/mol. The van der Waals surface area contributed by atoms with Gasteiger partial charge in [-0.15, -0.1) is 0 Å². The summed E-state index contributed by atoms with van der Waals surface area (Å²) in [6, 6.07) is 5.16. The summed E-state index contributed by atoms with van der Waals surface area (Å²) in [5.41, 5.74) is 5.75. The normalized spacial score (nSPS) is 13.3. The molecule has 0 aromatic carbocycles. The van der Waals surface area contributed by atoms with Crippen LogP contribution in [0.1, 0.15) is 27.2 Å². The van der Waals surface area contributed by atoms with Gasteiger partial charge in [-0.25, -0.2) is 9.78 Å². The molecule has 0 fully saturated rings. The van der Waals surface area contributed by atoms with Crippen molar-refractivity contribution in [2.45, 2.75) is 32.8 Å². The zero-order valence-corrected chi connectivity index (χ0v) is 16.3. The topological polar surface area (TPSA) is 87.3 Å². The van der Waals surface area contributed by atoms with Gasteiger partial charge in [-0.2, -0.15) is 0 Å². The molecule has 2 rings (SSSR count). The molecule has 1 unspecified atom stereocenters. The minimum Gasteiger partial charge on any atom is -0.486 e. The number of aromatic nitrogens is 2. The third-order valence-electron chi connectivity index (χ3n) is 3.56. The number of carbonyl (C=O) groups excluding carboxylic acids is 1. The van der Waals surface area contributed by atoms with E-state index in [0.29, 0.717) is 28.0 Å². The molecule has 0 saturated carbocycles. The average Bonchev–Trinajstić information content (AvgIpc) is 2.52. The molecule has 2 aromatic rings. The third-order valence-corrected chi connectivity index (χ3v) is 4.06. The molecular weight excluding hydrogens is 377 g/mol. The molecular formula is C18H21Cl2N3O3. The van der Waals surface area contributed by atoms with E-state index in [0.717, 1.165) is 5.56 Å². The van der Waals surface area contributed by atoms with E-state index in [-0.39, 0.29) is 12.5 Å². The molecule has 0 aliphatic heterocycles. The summed E-state index contributed by atoms with van der Waals surface area (Å²) in [4.78, 5) is 19.5. The second kappa shape index (κ2) is 8.56. The van der Waals surface area contributed by atoms with E-state index in [1.165, 1.54) is 6.20 Å². The quantitative estimate of drug-likeness (QED) is 0.682. The van der Waals surface area contributed by atoms with Crippen LogP contribution in [0.25, 0.3) is 11.3 Å². The highest BCUT2D eigenvalue weighted by atomic mass is 35.5. The van der Waals surface area contributed by atoms with Crippen LogP contribution in [0, 0.1) is 5.92 Å². The molecule has 0 spiro atoms. The number of carbonyl (C=O) groups is 1. The fourth-order valence-corrected chi connectivity index (χ4v) is 3.09. The van der Waals surface area contributed by atoms with Crippen LogP contribution in [0.2, 0.25) is 10.2 Å². The first-order chi connectivity index (χ1) is 12.2. The number of nitrogens with two attached hydrogens (primary N) is 1. The van der Waals surface area contributed by atoms with Crippen molar-refractivity contribution >= 4 is 29.3 Å². The van der Waals surface area contributed by atoms with Crippen LogP contribution in [-0.2, 0) is 4.74 Å². The van der Waals surface area contributed by atoms with Gasteiger partial charge in [-0.05, 0) is 37.5 Å². The fraction of sp³-hybridized carbons (Fsp3) is 0.389. The maximum absolute atomic E-state index is 11.2. The van der Waals surface area contributed by atoms with Crippen LogP contribution in [0.5, 0.6) is 5.75 Å². The lowest BCUT2D eigenvalue weighted by Gasteiger charge is -2.30. The average molecular weight is 398 g/mol. The van der Waals surface area contributed by atoms with Gasteiger partial charge in [0, 0.05) is 11.8 Å². The van der Waals surface area contributed by atoms with Gasteiger partial charge in [-0.3, -0.25) is 4.98 Å². The number of hydrogen-bond donors (Lipinski definition) is 1. The molecule has 26 heavy (non-hydrogen) atoms. The van der Waals surface area contributed by atoms with Crippen molar-refractivity contribution in [1.29, 1.82) is 0 Å². The number of pyridine rings is 2. The SMILES string of the molecule is CC(C)CC(C)(COc1cnc(-c2ccnc(Cl)c2)cc1Cl)OC(N)=O. The van der Waals surface area contributed by atoms with Gasteiger partial charge in [0.05, 0.1) is 16.9 Å². The predicted octanol–water partition coefficient (Wildman–Crippen LogP) is 4.73. The Kier molecular flexibility index (Phi) is 6.67. The van der Waals surface area contributed by atoms with Crippen LogP contribution in [0.3, 0.4) is 0 Å². The maximum Gasteiger partial charge on any atom is 0.405 e. The molecule has 0 aliphatic carbocycles. The van der Waals surface area contributed by atoms with E-state index in [2.05, 4.69) is 9.97 Å². The number of ether oxygens (including phenoxy) is 2. The van der Waals surface area contributed by atoms with Crippen molar-refractivity contribution in [3.8, 4) is 17.0 Å². The lowest BCUT2D eigenvalue weighted by atomic mass is 9.95. The van der Waals surface area contributed by atoms with E-state index in [9.17, 15) is 4.79 Å². The number of amides is 1. The van der Waals surface area contributed by atoms with Gasteiger partial charge < -0.3 is 15.2 Å². The molecule has 0 radical (unpaired) electrons. The molecule has 2 N–H and O–H groups in total. The summed E-state index contributed by atoms with van der Waals surface area (Å²) < 4.78 is 11.0. The first kappa shape index (κ1) is 20.3. The van der Waals surface area contributed by atoms with Crippen molar-refractivity contribution in [2.24, 2.45) is 11.7 Å². The standard InChI is InChI=1S/C18H21Cl2N3O3/c1-11(2)8-18(3,26-17(21)24)10-25-15-9-23-14(7-13(15)19)12-4-5-22-16(20)6-12/h4-7,9,11H,8,10H2,1-3H3,(H2,21,24). The molecule has 0 bridgehead atoms. The number of primary amides is 1. The number of nitrogens with zero attached hydrogens (tertiary/aromatic N) is 2. The van der Waals surface area contributed by atoms with E-state index < -0.39 is 11.7 Å². The number of hydrogen-bond acceptors (Lipinski definition) is 5. The molecule has 2 aromatic heterocycles. The van der Waals surface area contributed by atoms with Gasteiger partial charge in [0.2, 0.25) is 0 Å². The third kappa shape index (κ3) is 5.75. The summed E-state index contributed by atoms with van der Waals surface area (Å²) in [7, 11) is 0. The highest BCUT2D eigenvalue weighted by Crippen LogP contribution is 2.30. The van der Waals surface area contributed by atoms with Gasteiger partial charge >= 0.3 is 6.09 Å². The van der Waals surface area contributed by atoms with Crippen LogP contribution >= 0.6 is 23.2 Å². The van der Waals surface area contributed by atoms with E-state index in [1.807, 2.05) is 13.8 Å². The van der Waals surface area contributed by atoms with Crippen LogP contribution in [0.15, 0.2) is 30.6 Å². The van der Waals surface area contributed by atoms with Gasteiger partial charge in [-0.1, -0.05) is 37.0 Å². The lowest BCUT2D eigenvalue weighted by Crippen LogP contribution is -2.41. The summed E-state index contributed by atoms with van der Waals surface area (Å²) in [6.07, 6.45) is 2.86. The summed E-state index contributed by atoms with van der Waals surface area (Å²) in [5.74, 6) is 0.675. The molecule has 1 amide bonds. The van der Waals surface area contributed by atoms with Crippen molar-refractivity contribution in [3.63, 3.8) is 0 Å². The molecule has 8 heteroatoms. The van der Waals surface area contributed by atoms with Crippen LogP contribution in [-0.4, -0.2) is 28.3 Å². The molecule has 1 atom stereocenters. The van der Waals surface area contributed by atoms with Gasteiger partial charge in [0.25, 0.3) is 0 Å². The van der Waals surface area contributed by atoms with Crippen molar-refractivity contribution in [3.05, 3.63) is 40.8 Å². The van der Waals surface area contributed by atoms with E-state index >= 15 is 0 Å². The zero-order chi connectivity index (χ0) is 19.3. The second-order valence-corrected chi connectivity index (χ2v) is 7.42. The van der Waals surface area contributed by atoms with Crippen LogP contribution < -0.4 is 10.5 Å². The Morgan fingerprint density at radius 2 is 2.04 bits per heavy atom. The Labute approximate surface area is 162 Å². The lowest BCUT2D eigenvalue weighted by molar-refractivity contribution is -0.0186. The van der Waals surface area contributed by atoms with E-state index in [1.54, 1.807) is 31.3 Å². The Bertz CT molecular complexity index is 786. The largest absolute Gasteiger partial charge is 0.486 e. The zero-order valence-electron chi connectivity index (χ0n) is 14.8. The Morgan fingerprint density at radius 3 is 2.62 bits per heavy atom. The summed E-state index contributed by atoms with van der Waals surface area (Å²) in [5, 5.41) is 0.753. The highest BCUT2D eigenvalue weighted by molar-refractivity contribution is 6.32. The van der Waals surface area contributed by atoms with Crippen LogP contribution in [0.4, 0.5) is 4.79 Å². The number of rotatable bonds is 7. The van der Waals surface area contributed by atoms with Gasteiger partial charge in [0.15, 0.2) is 5.75 Å². The number of halogens is 2. The Hall–Kier alpha value is -2.05. The minimum absolute atomic E-state index is 0.107. The first-order valence-electron chi connectivity index (χ1n) is 8.07. The Balaban J connectivity index is 2.15. The molecule has 0 saturated heterocycles. The molecule has 0 aliphatic rings. The van der Waals surface area contributed by atoms with Crippen molar-refractivity contribution < 1.29 is 14.3 Å². The fourth-order valence-electron chi connectivity index (χ4n) is 2.71. The first-order valence-corrected chi connectivity index (χ1v) is 8.83. The Morgan fingerprint density at radius 1 is 1.31 bits per heavy atom. The second-order valence-electron chi connectivity index (χ2n) is 6.62. The maximum atomic E-state index is 11.2. The molecule has 2 heterocycles. The van der Waals surface area contributed by atoms with Gasteiger partial charge in [0.1, 0.15) is 17.4 Å².